The van der Waals surface area contributed by atoms with Crippen LogP contribution in [-0.4, -0.2) is 16.1 Å². The van der Waals surface area contributed by atoms with Crippen molar-refractivity contribution in [2.45, 2.75) is 43.9 Å². The molecule has 4 saturated carbocycles. The van der Waals surface area contributed by atoms with Gasteiger partial charge >= 0.3 is 5.97 Å². The van der Waals surface area contributed by atoms with Crippen LogP contribution in [0.15, 0.2) is 5.51 Å². The molecular formula is C14H17NO2S. The van der Waals surface area contributed by atoms with Crippen molar-refractivity contribution >= 4 is 17.3 Å². The standard InChI is InChI=1S/C14H17NO2S/c16-13(17)11-12(15-7-18-11)14-4-8-1-9(5-14)3-10(2-8)6-14/h7-10H,1-6H2,(H,16,17). The average molecular weight is 263 g/mol. The lowest BCUT2D eigenvalue weighted by molar-refractivity contribution is -0.00752. The Morgan fingerprint density at radius 2 is 1.78 bits per heavy atom. The van der Waals surface area contributed by atoms with Gasteiger partial charge in [0, 0.05) is 5.41 Å². The van der Waals surface area contributed by atoms with E-state index in [0.29, 0.717) is 4.88 Å². The minimum Gasteiger partial charge on any atom is -0.477 e. The quantitative estimate of drug-likeness (QED) is 0.890. The maximum atomic E-state index is 11.3. The zero-order valence-electron chi connectivity index (χ0n) is 10.3. The van der Waals surface area contributed by atoms with Crippen molar-refractivity contribution in [2.24, 2.45) is 17.8 Å². The molecule has 0 aromatic carbocycles. The predicted molar refractivity (Wildman–Crippen MR) is 68.9 cm³/mol. The molecule has 96 valence electrons. The average Bonchev–Trinajstić information content (AvgIpc) is 2.76. The number of hydrogen-bond donors (Lipinski definition) is 1. The number of aromatic carboxylic acids is 1. The summed E-state index contributed by atoms with van der Waals surface area (Å²) in [4.78, 5) is 16.3. The van der Waals surface area contributed by atoms with Crippen molar-refractivity contribution in [3.63, 3.8) is 0 Å². The monoisotopic (exact) mass is 263 g/mol. The van der Waals surface area contributed by atoms with Gasteiger partial charge in [-0.1, -0.05) is 0 Å². The molecule has 3 nitrogen and oxygen atoms in total. The Balaban J connectivity index is 1.79. The number of carboxylic acid groups (broad SMARTS) is 1. The second kappa shape index (κ2) is 3.56. The zero-order valence-corrected chi connectivity index (χ0v) is 11.1. The van der Waals surface area contributed by atoms with Gasteiger partial charge in [0.1, 0.15) is 4.88 Å². The fourth-order valence-electron chi connectivity index (χ4n) is 5.18. The molecule has 4 bridgehead atoms. The summed E-state index contributed by atoms with van der Waals surface area (Å²) >= 11 is 1.30. The van der Waals surface area contributed by atoms with E-state index in [0.717, 1.165) is 23.4 Å². The number of carboxylic acids is 1. The van der Waals surface area contributed by atoms with Crippen LogP contribution in [-0.2, 0) is 5.41 Å². The lowest BCUT2D eigenvalue weighted by Crippen LogP contribution is -2.49. The Morgan fingerprint density at radius 1 is 1.22 bits per heavy atom. The predicted octanol–water partition coefficient (Wildman–Crippen LogP) is 3.31. The molecule has 1 aromatic rings. The van der Waals surface area contributed by atoms with Crippen LogP contribution in [0.2, 0.25) is 0 Å². The third kappa shape index (κ3) is 1.41. The molecule has 18 heavy (non-hydrogen) atoms. The highest BCUT2D eigenvalue weighted by Gasteiger charge is 2.53. The Hall–Kier alpha value is -0.900. The van der Waals surface area contributed by atoms with Crippen molar-refractivity contribution in [1.29, 1.82) is 0 Å². The van der Waals surface area contributed by atoms with E-state index in [2.05, 4.69) is 4.98 Å². The maximum absolute atomic E-state index is 11.3. The number of rotatable bonds is 2. The molecular weight excluding hydrogens is 246 g/mol. The smallest absolute Gasteiger partial charge is 0.347 e. The van der Waals surface area contributed by atoms with Crippen molar-refractivity contribution in [3.8, 4) is 0 Å². The van der Waals surface area contributed by atoms with Crippen molar-refractivity contribution in [2.75, 3.05) is 0 Å². The molecule has 0 amide bonds. The summed E-state index contributed by atoms with van der Waals surface area (Å²) < 4.78 is 0. The number of thiazole rings is 1. The molecule has 5 rings (SSSR count). The first-order valence-electron chi connectivity index (χ1n) is 6.83. The van der Waals surface area contributed by atoms with E-state index in [1.807, 2.05) is 0 Å². The van der Waals surface area contributed by atoms with Gasteiger partial charge in [0.2, 0.25) is 0 Å². The van der Waals surface area contributed by atoms with Crippen LogP contribution in [0.5, 0.6) is 0 Å². The summed E-state index contributed by atoms with van der Waals surface area (Å²) in [5.41, 5.74) is 2.75. The number of carbonyl (C=O) groups is 1. The second-order valence-corrected chi connectivity index (χ2v) is 7.39. The van der Waals surface area contributed by atoms with E-state index in [9.17, 15) is 9.90 Å². The topological polar surface area (TPSA) is 50.2 Å². The van der Waals surface area contributed by atoms with Crippen LogP contribution in [0.3, 0.4) is 0 Å². The van der Waals surface area contributed by atoms with Gasteiger partial charge in [-0.3, -0.25) is 0 Å². The molecule has 1 heterocycles. The maximum Gasteiger partial charge on any atom is 0.347 e. The number of aromatic nitrogens is 1. The zero-order chi connectivity index (χ0) is 12.3. The van der Waals surface area contributed by atoms with E-state index in [1.54, 1.807) is 5.51 Å². The Labute approximate surface area is 110 Å². The van der Waals surface area contributed by atoms with Gasteiger partial charge in [-0.15, -0.1) is 11.3 Å². The minimum absolute atomic E-state index is 0.114. The van der Waals surface area contributed by atoms with Crippen molar-refractivity contribution in [3.05, 3.63) is 16.1 Å². The fraction of sp³-hybridized carbons (Fsp3) is 0.714. The van der Waals surface area contributed by atoms with Gasteiger partial charge < -0.3 is 5.11 Å². The molecule has 0 radical (unpaired) electrons. The van der Waals surface area contributed by atoms with Gasteiger partial charge in [0.25, 0.3) is 0 Å². The highest BCUT2D eigenvalue weighted by molar-refractivity contribution is 7.11. The van der Waals surface area contributed by atoms with E-state index in [-0.39, 0.29) is 5.41 Å². The van der Waals surface area contributed by atoms with E-state index >= 15 is 0 Å². The summed E-state index contributed by atoms with van der Waals surface area (Å²) in [6.07, 6.45) is 7.69. The molecule has 4 aliphatic carbocycles. The third-order valence-corrected chi connectivity index (χ3v) is 6.12. The molecule has 0 aliphatic heterocycles. The lowest BCUT2D eigenvalue weighted by atomic mass is 9.48. The Kier molecular flexibility index (Phi) is 2.17. The van der Waals surface area contributed by atoms with Crippen LogP contribution < -0.4 is 0 Å². The van der Waals surface area contributed by atoms with Gasteiger partial charge in [0.05, 0.1) is 11.2 Å². The largest absolute Gasteiger partial charge is 0.477 e. The third-order valence-electron chi connectivity index (χ3n) is 5.30. The number of nitrogens with zero attached hydrogens (tertiary/aromatic N) is 1. The second-order valence-electron chi connectivity index (χ2n) is 6.53. The molecule has 0 saturated heterocycles. The van der Waals surface area contributed by atoms with Gasteiger partial charge in [0.15, 0.2) is 0 Å². The van der Waals surface area contributed by atoms with Gasteiger partial charge in [-0.25, -0.2) is 9.78 Å². The van der Waals surface area contributed by atoms with Gasteiger partial charge in [-0.2, -0.15) is 0 Å². The van der Waals surface area contributed by atoms with Crippen molar-refractivity contribution < 1.29 is 9.90 Å². The first kappa shape index (κ1) is 11.0. The number of hydrogen-bond acceptors (Lipinski definition) is 3. The van der Waals surface area contributed by atoms with Crippen LogP contribution in [0.4, 0.5) is 0 Å². The molecule has 0 unspecified atom stereocenters. The summed E-state index contributed by atoms with van der Waals surface area (Å²) in [7, 11) is 0. The first-order valence-corrected chi connectivity index (χ1v) is 7.71. The van der Waals surface area contributed by atoms with Crippen LogP contribution in [0.25, 0.3) is 0 Å². The molecule has 0 atom stereocenters. The Morgan fingerprint density at radius 3 is 2.28 bits per heavy atom. The van der Waals surface area contributed by atoms with Crippen molar-refractivity contribution in [1.82, 2.24) is 4.98 Å². The molecule has 0 spiro atoms. The van der Waals surface area contributed by atoms with Crippen LogP contribution >= 0.6 is 11.3 Å². The van der Waals surface area contributed by atoms with Crippen LogP contribution in [0.1, 0.15) is 53.9 Å². The molecule has 4 heteroatoms. The summed E-state index contributed by atoms with van der Waals surface area (Å²) in [5.74, 6) is 1.71. The highest BCUT2D eigenvalue weighted by Crippen LogP contribution is 2.61. The lowest BCUT2D eigenvalue weighted by Gasteiger charge is -2.56. The van der Waals surface area contributed by atoms with Gasteiger partial charge in [-0.05, 0) is 56.3 Å². The fourth-order valence-corrected chi connectivity index (χ4v) is 5.92. The molecule has 1 N–H and O–H groups in total. The SMILES string of the molecule is O=C(O)c1scnc1C12CC3CC(CC(C3)C1)C2. The normalized spacial score (nSPS) is 41.2. The minimum atomic E-state index is -0.789. The highest BCUT2D eigenvalue weighted by atomic mass is 32.1. The molecule has 4 fully saturated rings. The Bertz CT molecular complexity index is 472. The van der Waals surface area contributed by atoms with Crippen LogP contribution in [0, 0.1) is 17.8 Å². The summed E-state index contributed by atoms with van der Waals surface area (Å²) in [6, 6.07) is 0. The van der Waals surface area contributed by atoms with E-state index < -0.39 is 5.97 Å². The van der Waals surface area contributed by atoms with E-state index in [1.165, 1.54) is 49.9 Å². The van der Waals surface area contributed by atoms with E-state index in [4.69, 9.17) is 0 Å². The first-order chi connectivity index (χ1) is 8.66. The molecule has 1 aromatic heterocycles. The summed E-state index contributed by atoms with van der Waals surface area (Å²) in [6.45, 7) is 0. The molecule has 4 aliphatic rings. The summed E-state index contributed by atoms with van der Waals surface area (Å²) in [5, 5.41) is 9.33.